The van der Waals surface area contributed by atoms with Crippen molar-refractivity contribution in [2.75, 3.05) is 42.5 Å². The lowest BCUT2D eigenvalue weighted by Crippen LogP contribution is -2.43. The second-order valence-corrected chi connectivity index (χ2v) is 10.5. The molecule has 202 valence electrons. The third kappa shape index (κ3) is 5.18. The van der Waals surface area contributed by atoms with Crippen molar-refractivity contribution >= 4 is 52.5 Å². The van der Waals surface area contributed by atoms with Crippen LogP contribution in [0, 0.1) is 11.6 Å². The van der Waals surface area contributed by atoms with Gasteiger partial charge in [-0.2, -0.15) is 0 Å². The third-order valence-electron chi connectivity index (χ3n) is 7.20. The topological polar surface area (TPSA) is 48.7 Å². The number of rotatable bonds is 5. The first kappa shape index (κ1) is 26.0. The molecule has 39 heavy (non-hydrogen) atoms. The van der Waals surface area contributed by atoms with Gasteiger partial charge in [0.1, 0.15) is 23.6 Å². The maximum absolute atomic E-state index is 14.6. The Balaban J connectivity index is 1.30. The lowest BCUT2D eigenvalue weighted by atomic mass is 10.0. The van der Waals surface area contributed by atoms with Crippen LogP contribution in [0.4, 0.5) is 24.7 Å². The molecule has 2 saturated heterocycles. The number of alkyl halides is 1. The van der Waals surface area contributed by atoms with Crippen LogP contribution in [0.5, 0.6) is 0 Å². The fourth-order valence-electron chi connectivity index (χ4n) is 5.26. The highest BCUT2D eigenvalue weighted by molar-refractivity contribution is 6.37. The van der Waals surface area contributed by atoms with E-state index in [0.717, 1.165) is 50.1 Å². The Morgan fingerprint density at radius 1 is 0.974 bits per heavy atom. The van der Waals surface area contributed by atoms with Gasteiger partial charge in [0.15, 0.2) is 5.65 Å². The largest absolute Gasteiger partial charge is 0.369 e. The summed E-state index contributed by atoms with van der Waals surface area (Å²) in [4.78, 5) is 8.31. The number of aromatic nitrogens is 3. The van der Waals surface area contributed by atoms with Crippen LogP contribution in [-0.2, 0) is 0 Å². The predicted molar refractivity (Wildman–Crippen MR) is 149 cm³/mol. The number of benzene rings is 2. The highest BCUT2D eigenvalue weighted by Crippen LogP contribution is 2.38. The maximum Gasteiger partial charge on any atom is 0.154 e. The first-order valence-corrected chi connectivity index (χ1v) is 13.5. The van der Waals surface area contributed by atoms with E-state index in [1.807, 2.05) is 18.2 Å². The summed E-state index contributed by atoms with van der Waals surface area (Å²) in [6, 6.07) is 9.84. The monoisotopic (exact) mass is 572 g/mol. The second-order valence-electron chi connectivity index (χ2n) is 9.71. The van der Waals surface area contributed by atoms with Crippen molar-refractivity contribution in [2.45, 2.75) is 18.6 Å². The number of anilines is 2. The van der Waals surface area contributed by atoms with Crippen molar-refractivity contribution in [3.8, 4) is 0 Å². The number of nitrogens with zero attached hydrogens (tertiary/aromatic N) is 5. The Hall–Kier alpha value is -3.27. The molecule has 2 aliphatic heterocycles. The van der Waals surface area contributed by atoms with Crippen LogP contribution in [0.25, 0.3) is 17.8 Å². The first-order valence-electron chi connectivity index (χ1n) is 12.7. The van der Waals surface area contributed by atoms with Gasteiger partial charge in [0.25, 0.3) is 0 Å². The van der Waals surface area contributed by atoms with Gasteiger partial charge in [-0.1, -0.05) is 23.2 Å². The molecule has 0 saturated carbocycles. The van der Waals surface area contributed by atoms with Gasteiger partial charge in [0.2, 0.25) is 0 Å². The molecule has 2 atom stereocenters. The molecule has 6 nitrogen and oxygen atoms in total. The highest BCUT2D eigenvalue weighted by Gasteiger charge is 2.36. The molecule has 4 heterocycles. The smallest absolute Gasteiger partial charge is 0.154 e. The molecule has 0 radical (unpaired) electrons. The molecule has 2 fully saturated rings. The van der Waals surface area contributed by atoms with Crippen LogP contribution in [0.2, 0.25) is 10.0 Å². The molecule has 6 rings (SSSR count). The van der Waals surface area contributed by atoms with Crippen molar-refractivity contribution in [1.29, 1.82) is 0 Å². The Labute approximate surface area is 233 Å². The van der Waals surface area contributed by atoms with Gasteiger partial charge in [-0.15, -0.1) is 5.10 Å². The average Bonchev–Trinajstić information content (AvgIpc) is 3.52. The molecule has 0 amide bonds. The van der Waals surface area contributed by atoms with Crippen LogP contribution >= 0.6 is 23.2 Å². The van der Waals surface area contributed by atoms with Gasteiger partial charge in [-0.25, -0.2) is 22.7 Å². The van der Waals surface area contributed by atoms with E-state index in [0.29, 0.717) is 32.8 Å². The van der Waals surface area contributed by atoms with Crippen molar-refractivity contribution in [1.82, 2.24) is 19.9 Å². The molecular formula is C28H25Cl2F3N6. The Bertz CT molecular complexity index is 1530. The number of hydrogen-bond acceptors (Lipinski definition) is 5. The van der Waals surface area contributed by atoms with Crippen LogP contribution < -0.4 is 15.1 Å². The van der Waals surface area contributed by atoms with Gasteiger partial charge in [0, 0.05) is 49.4 Å². The molecule has 4 aromatic rings. The third-order valence-corrected chi connectivity index (χ3v) is 7.83. The fourth-order valence-corrected chi connectivity index (χ4v) is 5.86. The molecule has 0 spiro atoms. The zero-order valence-electron chi connectivity index (χ0n) is 20.8. The predicted octanol–water partition coefficient (Wildman–Crippen LogP) is 6.18. The Kier molecular flexibility index (Phi) is 7.14. The molecule has 1 N–H and O–H groups in total. The standard InChI is InChI=1S/C28H25Cl2F3N6/c29-23-13-20(37-9-7-34-8-10-37)14-24(30)21(23)3-2-19-15-35-27-5-6-28(36-39(19)27)38-16-18(32)12-26(38)22-11-17(31)1-4-25(22)33/h1-6,11,13-15,18,26,34H,7-10,12,16H2/b3-2+/t18-,26+/m0/s1. The summed E-state index contributed by atoms with van der Waals surface area (Å²) in [7, 11) is 0. The Morgan fingerprint density at radius 3 is 2.51 bits per heavy atom. The van der Waals surface area contributed by atoms with Crippen molar-refractivity contribution in [3.05, 3.63) is 87.2 Å². The van der Waals surface area contributed by atoms with Gasteiger partial charge in [0.05, 0.1) is 34.5 Å². The number of imidazole rings is 1. The zero-order valence-corrected chi connectivity index (χ0v) is 22.3. The van der Waals surface area contributed by atoms with Crippen LogP contribution in [-0.4, -0.2) is 53.5 Å². The molecule has 0 aliphatic carbocycles. The van der Waals surface area contributed by atoms with Crippen molar-refractivity contribution in [2.24, 2.45) is 0 Å². The van der Waals surface area contributed by atoms with Gasteiger partial charge >= 0.3 is 0 Å². The van der Waals surface area contributed by atoms with E-state index in [4.69, 9.17) is 23.2 Å². The van der Waals surface area contributed by atoms with Crippen molar-refractivity contribution in [3.63, 3.8) is 0 Å². The van der Waals surface area contributed by atoms with E-state index in [2.05, 4.69) is 20.3 Å². The summed E-state index contributed by atoms with van der Waals surface area (Å²) in [6.07, 6.45) is 4.11. The number of fused-ring (bicyclic) bond motifs is 1. The van der Waals surface area contributed by atoms with Crippen LogP contribution in [0.1, 0.15) is 29.3 Å². The van der Waals surface area contributed by atoms with E-state index in [1.54, 1.807) is 33.8 Å². The normalized spacial score (nSPS) is 20.0. The molecule has 11 heteroatoms. The number of halogens is 5. The average molecular weight is 573 g/mol. The Morgan fingerprint density at radius 2 is 1.74 bits per heavy atom. The number of hydrogen-bond donors (Lipinski definition) is 1. The number of piperazine rings is 1. The summed E-state index contributed by atoms with van der Waals surface area (Å²) < 4.78 is 44.6. The van der Waals surface area contributed by atoms with Gasteiger partial charge in [-0.3, -0.25) is 0 Å². The minimum Gasteiger partial charge on any atom is -0.369 e. The summed E-state index contributed by atoms with van der Waals surface area (Å²) >= 11 is 13.2. The summed E-state index contributed by atoms with van der Waals surface area (Å²) in [6.45, 7) is 3.59. The van der Waals surface area contributed by atoms with E-state index in [-0.39, 0.29) is 18.5 Å². The quantitative estimate of drug-likeness (QED) is 0.309. The van der Waals surface area contributed by atoms with Gasteiger partial charge in [-0.05, 0) is 54.6 Å². The van der Waals surface area contributed by atoms with Crippen molar-refractivity contribution < 1.29 is 13.2 Å². The number of nitrogens with one attached hydrogen (secondary N) is 1. The SMILES string of the molecule is Fc1ccc(F)c([C@H]2C[C@H](F)CN2c2ccc3ncc(/C=C/c4c(Cl)cc(N5CCNCC5)cc4Cl)n3n2)c1. The molecule has 0 unspecified atom stereocenters. The molecular weight excluding hydrogens is 548 g/mol. The van der Waals surface area contributed by atoms with Crippen LogP contribution in [0.15, 0.2) is 48.7 Å². The highest BCUT2D eigenvalue weighted by atomic mass is 35.5. The van der Waals surface area contributed by atoms with Crippen LogP contribution in [0.3, 0.4) is 0 Å². The first-order chi connectivity index (χ1) is 18.9. The lowest BCUT2D eigenvalue weighted by Gasteiger charge is -2.30. The summed E-state index contributed by atoms with van der Waals surface area (Å²) in [5.41, 5.74) is 2.98. The minimum atomic E-state index is -1.20. The molecule has 2 aromatic carbocycles. The van der Waals surface area contributed by atoms with E-state index in [1.165, 1.54) is 0 Å². The summed E-state index contributed by atoms with van der Waals surface area (Å²) in [5, 5.41) is 9.06. The van der Waals surface area contributed by atoms with E-state index in [9.17, 15) is 13.2 Å². The molecule has 2 aliphatic rings. The minimum absolute atomic E-state index is 0.0175. The summed E-state index contributed by atoms with van der Waals surface area (Å²) in [5.74, 6) is -0.720. The fraction of sp³-hybridized carbons (Fsp3) is 0.286. The lowest BCUT2D eigenvalue weighted by molar-refractivity contribution is 0.355. The second kappa shape index (κ2) is 10.7. The van der Waals surface area contributed by atoms with Gasteiger partial charge < -0.3 is 15.1 Å². The zero-order chi connectivity index (χ0) is 27.1. The molecule has 2 aromatic heterocycles. The molecule has 0 bridgehead atoms. The maximum atomic E-state index is 14.6. The van der Waals surface area contributed by atoms with E-state index >= 15 is 0 Å². The van der Waals surface area contributed by atoms with E-state index < -0.39 is 23.8 Å².